The number of amides is 2. The van der Waals surface area contributed by atoms with Crippen LogP contribution in [0.4, 0.5) is 5.69 Å². The average Bonchev–Trinajstić information content (AvgIpc) is 3.32. The van der Waals surface area contributed by atoms with Gasteiger partial charge < -0.3 is 0 Å². The number of carbonyl (C=O) groups is 3. The quantitative estimate of drug-likeness (QED) is 0.464. The van der Waals surface area contributed by atoms with Crippen molar-refractivity contribution >= 4 is 29.5 Å². The second kappa shape index (κ2) is 7.24. The molecule has 0 unspecified atom stereocenters. The highest BCUT2D eigenvalue weighted by Crippen LogP contribution is 2.53. The molecule has 3 heterocycles. The standard InChI is InChI=1S/C27H21N3O3/c1-16-11-13-17(14-12-16)25(31)24-22-21(23-20-10-6-5-7-18(20)15-28-30(23)24)26(32)29(27(22)33)19-8-3-2-4-9-19/h2-15,21-24H,1H3/t21-,22+,23+,24-/m0/s1. The van der Waals surface area contributed by atoms with Crippen molar-refractivity contribution in [1.29, 1.82) is 0 Å². The van der Waals surface area contributed by atoms with E-state index in [9.17, 15) is 14.4 Å². The van der Waals surface area contributed by atoms with Gasteiger partial charge >= 0.3 is 0 Å². The van der Waals surface area contributed by atoms with Crippen LogP contribution < -0.4 is 4.90 Å². The van der Waals surface area contributed by atoms with E-state index in [2.05, 4.69) is 5.10 Å². The van der Waals surface area contributed by atoms with E-state index < -0.39 is 23.9 Å². The van der Waals surface area contributed by atoms with E-state index in [0.29, 0.717) is 11.3 Å². The Morgan fingerprint density at radius 3 is 2.24 bits per heavy atom. The van der Waals surface area contributed by atoms with Crippen molar-refractivity contribution < 1.29 is 14.4 Å². The SMILES string of the molecule is Cc1ccc(C(=O)[C@@H]2[C@@H]3C(=O)N(c4ccccc4)C(=O)[C@@H]3[C@H]3c4ccccc4C=NN23)cc1. The molecule has 162 valence electrons. The highest BCUT2D eigenvalue weighted by atomic mass is 16.2. The summed E-state index contributed by atoms with van der Waals surface area (Å²) < 4.78 is 0. The number of fused-ring (bicyclic) bond motifs is 5. The zero-order chi connectivity index (χ0) is 22.7. The van der Waals surface area contributed by atoms with Crippen LogP contribution in [-0.2, 0) is 9.59 Å². The van der Waals surface area contributed by atoms with Crippen LogP contribution >= 0.6 is 0 Å². The molecule has 6 heteroatoms. The second-order valence-corrected chi connectivity index (χ2v) is 8.77. The molecule has 0 N–H and O–H groups in total. The van der Waals surface area contributed by atoms with Crippen molar-refractivity contribution in [2.75, 3.05) is 4.90 Å². The van der Waals surface area contributed by atoms with Gasteiger partial charge in [0.1, 0.15) is 6.04 Å². The van der Waals surface area contributed by atoms with Crippen molar-refractivity contribution in [3.63, 3.8) is 0 Å². The third kappa shape index (κ3) is 2.80. The molecule has 2 amide bonds. The fraction of sp³-hybridized carbons (Fsp3) is 0.185. The van der Waals surface area contributed by atoms with E-state index in [-0.39, 0.29) is 17.6 Å². The van der Waals surface area contributed by atoms with E-state index in [1.165, 1.54) is 4.90 Å². The number of imide groups is 1. The minimum Gasteiger partial charge on any atom is -0.292 e. The van der Waals surface area contributed by atoms with E-state index >= 15 is 0 Å². The van der Waals surface area contributed by atoms with Crippen molar-refractivity contribution in [3.8, 4) is 0 Å². The maximum atomic E-state index is 13.8. The van der Waals surface area contributed by atoms with E-state index in [1.54, 1.807) is 47.6 Å². The lowest BCUT2D eigenvalue weighted by molar-refractivity contribution is -0.124. The van der Waals surface area contributed by atoms with Crippen LogP contribution in [-0.4, -0.2) is 34.9 Å². The lowest BCUT2D eigenvalue weighted by Gasteiger charge is -2.33. The van der Waals surface area contributed by atoms with Crippen molar-refractivity contribution in [3.05, 3.63) is 101 Å². The van der Waals surface area contributed by atoms with Gasteiger partial charge in [0, 0.05) is 5.56 Å². The monoisotopic (exact) mass is 435 g/mol. The van der Waals surface area contributed by atoms with Gasteiger partial charge in [0.25, 0.3) is 0 Å². The maximum absolute atomic E-state index is 13.8. The number of nitrogens with zero attached hydrogens (tertiary/aromatic N) is 3. The molecule has 6 rings (SSSR count). The molecule has 0 aliphatic carbocycles. The largest absolute Gasteiger partial charge is 0.292 e. The number of benzene rings is 3. The molecular formula is C27H21N3O3. The fourth-order valence-corrected chi connectivity index (χ4v) is 5.39. The summed E-state index contributed by atoms with van der Waals surface area (Å²) in [7, 11) is 0. The molecule has 2 saturated heterocycles. The van der Waals surface area contributed by atoms with Crippen LogP contribution in [0, 0.1) is 18.8 Å². The van der Waals surface area contributed by atoms with E-state index in [4.69, 9.17) is 0 Å². The Morgan fingerprint density at radius 1 is 0.818 bits per heavy atom. The zero-order valence-electron chi connectivity index (χ0n) is 18.0. The van der Waals surface area contributed by atoms with Gasteiger partial charge in [-0.3, -0.25) is 19.4 Å². The summed E-state index contributed by atoms with van der Waals surface area (Å²) in [6.07, 6.45) is 1.71. The molecule has 3 aliphatic heterocycles. The van der Waals surface area contributed by atoms with Crippen molar-refractivity contribution in [2.24, 2.45) is 16.9 Å². The maximum Gasteiger partial charge on any atom is 0.240 e. The molecule has 6 nitrogen and oxygen atoms in total. The first-order chi connectivity index (χ1) is 16.1. The summed E-state index contributed by atoms with van der Waals surface area (Å²) in [5.41, 5.74) is 3.90. The molecule has 0 spiro atoms. The predicted molar refractivity (Wildman–Crippen MR) is 124 cm³/mol. The Kier molecular flexibility index (Phi) is 4.30. The topological polar surface area (TPSA) is 70.0 Å². The number of hydrazone groups is 1. The van der Waals surface area contributed by atoms with E-state index in [0.717, 1.165) is 16.7 Å². The molecule has 3 aromatic carbocycles. The Bertz CT molecular complexity index is 1320. The summed E-state index contributed by atoms with van der Waals surface area (Å²) in [4.78, 5) is 42.5. The number of anilines is 1. The minimum atomic E-state index is -0.850. The summed E-state index contributed by atoms with van der Waals surface area (Å²) >= 11 is 0. The first-order valence-electron chi connectivity index (χ1n) is 11.0. The van der Waals surface area contributed by atoms with Crippen LogP contribution in [0.25, 0.3) is 0 Å². The lowest BCUT2D eigenvalue weighted by Crippen LogP contribution is -2.44. The molecule has 0 radical (unpaired) electrons. The van der Waals surface area contributed by atoms with Crippen LogP contribution in [0.5, 0.6) is 0 Å². The summed E-state index contributed by atoms with van der Waals surface area (Å²) in [6, 6.07) is 22.6. The first kappa shape index (κ1) is 19.6. The number of aryl methyl sites for hydroxylation is 1. The van der Waals surface area contributed by atoms with Gasteiger partial charge in [-0.05, 0) is 30.2 Å². The Labute approximate surface area is 191 Å². The minimum absolute atomic E-state index is 0.194. The Hall–Kier alpha value is -4.06. The summed E-state index contributed by atoms with van der Waals surface area (Å²) in [6.45, 7) is 1.96. The average molecular weight is 435 g/mol. The lowest BCUT2D eigenvalue weighted by atomic mass is 9.83. The third-order valence-electron chi connectivity index (χ3n) is 6.91. The molecule has 0 aromatic heterocycles. The number of rotatable bonds is 3. The normalized spacial score (nSPS) is 25.1. The fourth-order valence-electron chi connectivity index (χ4n) is 5.39. The number of para-hydroxylation sites is 1. The predicted octanol–water partition coefficient (Wildman–Crippen LogP) is 3.76. The molecule has 2 fully saturated rings. The van der Waals surface area contributed by atoms with Crippen LogP contribution in [0.3, 0.4) is 0 Å². The Morgan fingerprint density at radius 2 is 1.48 bits per heavy atom. The van der Waals surface area contributed by atoms with Gasteiger partial charge in [0.2, 0.25) is 11.8 Å². The molecule has 3 aliphatic rings. The van der Waals surface area contributed by atoms with Gasteiger partial charge in [-0.15, -0.1) is 0 Å². The second-order valence-electron chi connectivity index (χ2n) is 8.77. The number of ketones is 1. The van der Waals surface area contributed by atoms with Crippen molar-refractivity contribution in [1.82, 2.24) is 5.01 Å². The van der Waals surface area contributed by atoms with Crippen LogP contribution in [0.15, 0.2) is 84.0 Å². The van der Waals surface area contributed by atoms with Gasteiger partial charge in [0.15, 0.2) is 5.78 Å². The summed E-state index contributed by atoms with van der Waals surface area (Å²) in [5, 5.41) is 6.28. The van der Waals surface area contributed by atoms with Crippen molar-refractivity contribution in [2.45, 2.75) is 19.0 Å². The third-order valence-corrected chi connectivity index (χ3v) is 6.91. The van der Waals surface area contributed by atoms with Gasteiger partial charge in [-0.2, -0.15) is 5.10 Å². The Balaban J connectivity index is 1.50. The van der Waals surface area contributed by atoms with Gasteiger partial charge in [-0.25, -0.2) is 4.90 Å². The molecular weight excluding hydrogens is 414 g/mol. The number of hydrogen-bond acceptors (Lipinski definition) is 5. The molecule has 3 aromatic rings. The summed E-state index contributed by atoms with van der Waals surface area (Å²) in [5.74, 6) is -2.31. The highest BCUT2D eigenvalue weighted by Gasteiger charge is 2.65. The molecule has 0 bridgehead atoms. The number of hydrogen-bond donors (Lipinski definition) is 0. The molecule has 33 heavy (non-hydrogen) atoms. The van der Waals surface area contributed by atoms with Gasteiger partial charge in [0.05, 0.1) is 29.8 Å². The molecule has 4 atom stereocenters. The van der Waals surface area contributed by atoms with E-state index in [1.807, 2.05) is 49.4 Å². The van der Waals surface area contributed by atoms with Gasteiger partial charge in [-0.1, -0.05) is 72.3 Å². The number of Topliss-reactive ketones (excluding diaryl/α,β-unsaturated/α-hetero) is 1. The van der Waals surface area contributed by atoms with Crippen LogP contribution in [0.1, 0.15) is 33.1 Å². The molecule has 0 saturated carbocycles. The van der Waals surface area contributed by atoms with Crippen LogP contribution in [0.2, 0.25) is 0 Å². The number of carbonyl (C=O) groups excluding carboxylic acids is 3. The highest BCUT2D eigenvalue weighted by molar-refractivity contribution is 6.24. The first-order valence-corrected chi connectivity index (χ1v) is 11.0. The zero-order valence-corrected chi connectivity index (χ0v) is 18.0. The smallest absolute Gasteiger partial charge is 0.240 e.